The molecule has 1 aromatic carbocycles. The average molecular weight is 444 g/mol. The summed E-state index contributed by atoms with van der Waals surface area (Å²) in [5.74, 6) is 0.739. The van der Waals surface area contributed by atoms with Crippen molar-refractivity contribution >= 4 is 22.2 Å². The summed E-state index contributed by atoms with van der Waals surface area (Å²) in [5.41, 5.74) is 6.01. The van der Waals surface area contributed by atoms with Crippen molar-refractivity contribution in [3.63, 3.8) is 0 Å². The first-order valence-electron chi connectivity index (χ1n) is 11.8. The Hall–Kier alpha value is -3.28. The summed E-state index contributed by atoms with van der Waals surface area (Å²) in [6.07, 6.45) is 9.96. The van der Waals surface area contributed by atoms with Crippen LogP contribution in [0.4, 0.5) is 10.1 Å². The number of rotatable bonds is 6. The van der Waals surface area contributed by atoms with E-state index >= 15 is 0 Å². The molecule has 0 spiro atoms. The van der Waals surface area contributed by atoms with E-state index in [2.05, 4.69) is 30.7 Å². The van der Waals surface area contributed by atoms with Gasteiger partial charge in [0.2, 0.25) is 0 Å². The van der Waals surface area contributed by atoms with Crippen molar-refractivity contribution in [1.29, 1.82) is 0 Å². The number of hydrogen-bond acceptors (Lipinski definition) is 4. The second-order valence-electron chi connectivity index (χ2n) is 9.02. The van der Waals surface area contributed by atoms with Gasteiger partial charge in [-0.1, -0.05) is 26.0 Å². The molecule has 6 heteroatoms. The number of aryl methyl sites for hydroxylation is 2. The molecule has 33 heavy (non-hydrogen) atoms. The number of aromatic nitrogens is 3. The maximum atomic E-state index is 12.8. The van der Waals surface area contributed by atoms with Gasteiger partial charge in [0.15, 0.2) is 0 Å². The molecule has 0 saturated carbocycles. The fourth-order valence-electron chi connectivity index (χ4n) is 4.86. The third-order valence-corrected chi connectivity index (χ3v) is 6.75. The maximum absolute atomic E-state index is 12.8. The molecule has 0 saturated heterocycles. The minimum Gasteiger partial charge on any atom is -0.275 e. The molecule has 2 aliphatic rings. The SMILES string of the molecule is C=C1C(C2=CCC(CC)CC2)=c2nc(CCCF)ccc2=NN1c1ccc2nn(C)cc2c1. The lowest BCUT2D eigenvalue weighted by molar-refractivity contribution is 0.459. The Morgan fingerprint density at radius 2 is 2.09 bits per heavy atom. The molecule has 0 radical (unpaired) electrons. The van der Waals surface area contributed by atoms with Crippen molar-refractivity contribution < 1.29 is 4.39 Å². The smallest absolute Gasteiger partial charge is 0.110 e. The minimum atomic E-state index is -0.333. The quantitative estimate of drug-likeness (QED) is 0.554. The molecule has 3 heterocycles. The molecule has 5 nitrogen and oxygen atoms in total. The Morgan fingerprint density at radius 3 is 2.85 bits per heavy atom. The van der Waals surface area contributed by atoms with Crippen molar-refractivity contribution in [1.82, 2.24) is 14.8 Å². The fourth-order valence-corrected chi connectivity index (χ4v) is 4.86. The Balaban J connectivity index is 1.64. The molecule has 1 aliphatic carbocycles. The number of hydrogen-bond donors (Lipinski definition) is 0. The highest BCUT2D eigenvalue weighted by molar-refractivity contribution is 5.86. The van der Waals surface area contributed by atoms with E-state index in [0.29, 0.717) is 12.8 Å². The van der Waals surface area contributed by atoms with Gasteiger partial charge in [-0.3, -0.25) is 14.1 Å². The summed E-state index contributed by atoms with van der Waals surface area (Å²) in [4.78, 5) is 4.94. The van der Waals surface area contributed by atoms with E-state index < -0.39 is 0 Å². The van der Waals surface area contributed by atoms with Crippen LogP contribution in [0.3, 0.4) is 0 Å². The highest BCUT2D eigenvalue weighted by Crippen LogP contribution is 2.36. The first-order chi connectivity index (χ1) is 16.1. The molecule has 0 bridgehead atoms. The number of anilines is 1. The van der Waals surface area contributed by atoms with E-state index in [1.54, 1.807) is 0 Å². The van der Waals surface area contributed by atoms with Gasteiger partial charge in [0.25, 0.3) is 0 Å². The second kappa shape index (κ2) is 8.93. The Labute approximate surface area is 193 Å². The van der Waals surface area contributed by atoms with Crippen molar-refractivity contribution in [2.75, 3.05) is 11.7 Å². The lowest BCUT2D eigenvalue weighted by Gasteiger charge is -2.30. The van der Waals surface area contributed by atoms with E-state index in [1.807, 2.05) is 47.2 Å². The van der Waals surface area contributed by atoms with Gasteiger partial charge in [-0.25, -0.2) is 5.01 Å². The third-order valence-electron chi connectivity index (χ3n) is 6.75. The summed E-state index contributed by atoms with van der Waals surface area (Å²) in [6, 6.07) is 10.1. The van der Waals surface area contributed by atoms with Crippen LogP contribution < -0.4 is 15.7 Å². The number of halogens is 1. The first-order valence-corrected chi connectivity index (χ1v) is 11.8. The zero-order chi connectivity index (χ0) is 22.9. The van der Waals surface area contributed by atoms with Crippen LogP contribution in [0.1, 0.15) is 44.7 Å². The Morgan fingerprint density at radius 1 is 1.21 bits per heavy atom. The van der Waals surface area contributed by atoms with Gasteiger partial charge in [-0.15, -0.1) is 0 Å². The molecule has 5 rings (SSSR count). The third kappa shape index (κ3) is 4.10. The number of alkyl halides is 1. The van der Waals surface area contributed by atoms with Crippen LogP contribution in [-0.2, 0) is 13.5 Å². The summed E-state index contributed by atoms with van der Waals surface area (Å²) in [7, 11) is 1.93. The van der Waals surface area contributed by atoms with Crippen LogP contribution in [0.5, 0.6) is 0 Å². The summed E-state index contributed by atoms with van der Waals surface area (Å²) in [6.45, 7) is 6.41. The Bertz CT molecular complexity index is 1370. The summed E-state index contributed by atoms with van der Waals surface area (Å²) >= 11 is 0. The average Bonchev–Trinajstić information content (AvgIpc) is 3.21. The molecular weight excluding hydrogens is 413 g/mol. The van der Waals surface area contributed by atoms with E-state index in [1.165, 1.54) is 18.4 Å². The lowest BCUT2D eigenvalue weighted by Crippen LogP contribution is -2.41. The minimum absolute atomic E-state index is 0.333. The number of nitrogens with zero attached hydrogens (tertiary/aromatic N) is 5. The molecule has 170 valence electrons. The fraction of sp³-hybridized carbons (Fsp3) is 0.370. The number of benzene rings is 1. The van der Waals surface area contributed by atoms with Crippen LogP contribution >= 0.6 is 0 Å². The predicted molar refractivity (Wildman–Crippen MR) is 131 cm³/mol. The van der Waals surface area contributed by atoms with Crippen LogP contribution in [0, 0.1) is 5.92 Å². The van der Waals surface area contributed by atoms with Crippen molar-refractivity contribution in [3.8, 4) is 0 Å². The van der Waals surface area contributed by atoms with E-state index in [4.69, 9.17) is 10.1 Å². The molecule has 1 aliphatic heterocycles. The lowest BCUT2D eigenvalue weighted by atomic mass is 9.84. The molecular formula is C27H30FN5. The Kier molecular flexibility index (Phi) is 5.83. The summed E-state index contributed by atoms with van der Waals surface area (Å²) in [5, 5.41) is 14.1. The highest BCUT2D eigenvalue weighted by atomic mass is 19.1. The molecule has 0 N–H and O–H groups in total. The topological polar surface area (TPSA) is 46.3 Å². The summed E-state index contributed by atoms with van der Waals surface area (Å²) < 4.78 is 14.6. The van der Waals surface area contributed by atoms with Gasteiger partial charge in [0.1, 0.15) is 10.7 Å². The van der Waals surface area contributed by atoms with Crippen molar-refractivity contribution in [2.24, 2.45) is 18.1 Å². The van der Waals surface area contributed by atoms with Crippen LogP contribution in [0.25, 0.3) is 16.5 Å². The van der Waals surface area contributed by atoms with Gasteiger partial charge < -0.3 is 0 Å². The second-order valence-corrected chi connectivity index (χ2v) is 9.02. The number of pyridine rings is 1. The first kappa shape index (κ1) is 21.6. The number of fused-ring (bicyclic) bond motifs is 2. The van der Waals surface area contributed by atoms with Crippen LogP contribution in [0.2, 0.25) is 0 Å². The van der Waals surface area contributed by atoms with Crippen LogP contribution in [-0.4, -0.2) is 21.4 Å². The molecule has 1 atom stereocenters. The van der Waals surface area contributed by atoms with E-state index in [9.17, 15) is 4.39 Å². The van der Waals surface area contributed by atoms with Gasteiger partial charge in [0, 0.05) is 29.9 Å². The maximum Gasteiger partial charge on any atom is 0.110 e. The number of allylic oxidation sites excluding steroid dienone is 2. The molecule has 0 fully saturated rings. The molecule has 0 amide bonds. The van der Waals surface area contributed by atoms with Gasteiger partial charge in [-0.05, 0) is 73.9 Å². The van der Waals surface area contributed by atoms with Crippen LogP contribution in [0.15, 0.2) is 65.6 Å². The van der Waals surface area contributed by atoms with E-state index in [-0.39, 0.29) is 6.67 Å². The predicted octanol–water partition coefficient (Wildman–Crippen LogP) is 4.73. The zero-order valence-electron chi connectivity index (χ0n) is 19.4. The van der Waals surface area contributed by atoms with Crippen molar-refractivity contribution in [3.05, 3.63) is 76.9 Å². The van der Waals surface area contributed by atoms with E-state index in [0.717, 1.165) is 63.0 Å². The largest absolute Gasteiger partial charge is 0.275 e. The monoisotopic (exact) mass is 443 g/mol. The highest BCUT2D eigenvalue weighted by Gasteiger charge is 2.25. The van der Waals surface area contributed by atoms with Gasteiger partial charge in [0.05, 0.1) is 23.6 Å². The normalized spacial score (nSPS) is 18.3. The molecule has 1 unspecified atom stereocenters. The van der Waals surface area contributed by atoms with Crippen molar-refractivity contribution in [2.45, 2.75) is 45.4 Å². The standard InChI is InChI=1S/C27H30FN5/c1-4-19-7-9-20(10-8-19)26-18(2)33(23-12-14-24-21(16-23)17-32(3)30-24)31-25-13-11-22(6-5-15-28)29-27(25)26/h9,11-14,16-17,19H,2,4-8,10,15H2,1,3H3. The van der Waals surface area contributed by atoms with Gasteiger partial charge >= 0.3 is 0 Å². The van der Waals surface area contributed by atoms with Gasteiger partial charge in [-0.2, -0.15) is 10.2 Å². The molecule has 3 aromatic rings. The molecule has 2 aromatic heterocycles. The zero-order valence-corrected chi connectivity index (χ0v) is 19.4.